The lowest BCUT2D eigenvalue weighted by Crippen LogP contribution is -2.64. The van der Waals surface area contributed by atoms with Crippen LogP contribution in [0.1, 0.15) is 149 Å². The van der Waals surface area contributed by atoms with Crippen LogP contribution in [0.25, 0.3) is 11.3 Å². The van der Waals surface area contributed by atoms with Gasteiger partial charge in [0, 0.05) is 12.0 Å². The molecule has 65 heavy (non-hydrogen) atoms. The quantitative estimate of drug-likeness (QED) is 0.179. The monoisotopic (exact) mass is 888 g/mol. The van der Waals surface area contributed by atoms with Crippen molar-refractivity contribution in [2.45, 2.75) is 150 Å². The molecule has 2 aromatic carbocycles. The van der Waals surface area contributed by atoms with Crippen molar-refractivity contribution in [3.63, 3.8) is 0 Å². The molecule has 1 aromatic heterocycles. The maximum atomic E-state index is 15.1. The first kappa shape index (κ1) is 45.9. The van der Waals surface area contributed by atoms with Crippen LogP contribution in [-0.2, 0) is 30.5 Å². The summed E-state index contributed by atoms with van der Waals surface area (Å²) in [5.41, 5.74) is 2.70. The fraction of sp³-hybridized carbons (Fsp3) is 0.643. The van der Waals surface area contributed by atoms with Crippen LogP contribution >= 0.6 is 0 Å². The van der Waals surface area contributed by atoms with E-state index < -0.39 is 0 Å². The Morgan fingerprint density at radius 1 is 0.831 bits per heavy atom. The molecule has 6 aliphatic carbocycles. The van der Waals surface area contributed by atoms with E-state index in [0.29, 0.717) is 41.9 Å². The Hall–Kier alpha value is -4.27. The molecule has 3 aromatic rings. The molecular weight excluding hydrogens is 814 g/mol. The molecule has 0 bridgehead atoms. The highest BCUT2D eigenvalue weighted by Crippen LogP contribution is 2.73. The minimum Gasteiger partial charge on any atom is -0.462 e. The number of aromatic amines is 1. The zero-order valence-corrected chi connectivity index (χ0v) is 40.0. The van der Waals surface area contributed by atoms with Crippen LogP contribution in [0, 0.1) is 74.8 Å². The number of nitrogens with one attached hydrogen (secondary N) is 1. The summed E-state index contributed by atoms with van der Waals surface area (Å²) in [5, 5.41) is 0. The number of benzene rings is 2. The molecule has 9 heteroatoms. The van der Waals surface area contributed by atoms with E-state index in [2.05, 4.69) is 44.2 Å². The van der Waals surface area contributed by atoms with Crippen molar-refractivity contribution in [2.75, 3.05) is 6.54 Å². The summed E-state index contributed by atoms with van der Waals surface area (Å²) < 4.78 is 25.8. The Morgan fingerprint density at radius 2 is 1.55 bits per heavy atom. The maximum Gasteiger partial charge on any atom is 0.309 e. The summed E-state index contributed by atoms with van der Waals surface area (Å²) in [4.78, 5) is 52.4. The lowest BCUT2D eigenvalue weighted by molar-refractivity contribution is -0.225. The number of ether oxygens (including phenoxy) is 2. The molecule has 0 radical (unpaired) electrons. The van der Waals surface area contributed by atoms with E-state index in [9.17, 15) is 14.0 Å². The highest BCUT2D eigenvalue weighted by molar-refractivity contribution is 5.84. The topological polar surface area (TPSA) is 102 Å². The second-order valence-electron chi connectivity index (χ2n) is 22.6. The number of carbonyl (C=O) groups excluding carboxylic acids is 3. The molecule has 7 aliphatic rings. The molecular formula is C56H74FN3O5. The number of H-pyrrole nitrogens is 1. The number of fused-ring (bicyclic) bond motifs is 7. The summed E-state index contributed by atoms with van der Waals surface area (Å²) >= 11 is 0. The average Bonchev–Trinajstić information content (AvgIpc) is 4.08. The number of rotatable bonds is 8. The van der Waals surface area contributed by atoms with Gasteiger partial charge in [-0.2, -0.15) is 0 Å². The smallest absolute Gasteiger partial charge is 0.309 e. The molecule has 10 rings (SSSR count). The largest absolute Gasteiger partial charge is 0.462 e. The van der Waals surface area contributed by atoms with Gasteiger partial charge in [-0.3, -0.25) is 14.4 Å². The molecule has 1 saturated heterocycles. The van der Waals surface area contributed by atoms with E-state index in [1.807, 2.05) is 50.4 Å². The zero-order chi connectivity index (χ0) is 45.9. The van der Waals surface area contributed by atoms with E-state index >= 15 is 4.79 Å². The van der Waals surface area contributed by atoms with Gasteiger partial charge in [0.2, 0.25) is 5.91 Å². The van der Waals surface area contributed by atoms with Gasteiger partial charge < -0.3 is 19.4 Å². The summed E-state index contributed by atoms with van der Waals surface area (Å²) in [5.74, 6) is 2.74. The van der Waals surface area contributed by atoms with E-state index in [1.165, 1.54) is 31.4 Å². The van der Waals surface area contributed by atoms with Crippen molar-refractivity contribution in [2.24, 2.45) is 69.0 Å². The second kappa shape index (κ2) is 17.8. The van der Waals surface area contributed by atoms with E-state index in [1.54, 1.807) is 18.2 Å². The average molecular weight is 888 g/mol. The minimum absolute atomic E-state index is 0.0470. The Labute approximate surface area is 387 Å². The van der Waals surface area contributed by atoms with Crippen molar-refractivity contribution < 1.29 is 28.2 Å². The molecule has 2 heterocycles. The van der Waals surface area contributed by atoms with E-state index in [-0.39, 0.29) is 75.9 Å². The normalized spacial score (nSPS) is 37.7. The highest BCUT2D eigenvalue weighted by Gasteiger charge is 2.68. The van der Waals surface area contributed by atoms with Gasteiger partial charge in [0.05, 0.1) is 35.2 Å². The van der Waals surface area contributed by atoms with Crippen molar-refractivity contribution in [3.05, 3.63) is 90.7 Å². The summed E-state index contributed by atoms with van der Waals surface area (Å²) in [6.45, 7) is 18.3. The predicted octanol–water partition coefficient (Wildman–Crippen LogP) is 12.5. The first-order valence-corrected chi connectivity index (χ1v) is 25.3. The van der Waals surface area contributed by atoms with Gasteiger partial charge in [0.25, 0.3) is 0 Å². The van der Waals surface area contributed by atoms with Gasteiger partial charge in [-0.1, -0.05) is 77.4 Å². The molecule has 350 valence electrons. The van der Waals surface area contributed by atoms with Gasteiger partial charge in [-0.15, -0.1) is 6.58 Å². The van der Waals surface area contributed by atoms with E-state index in [0.717, 1.165) is 93.4 Å². The Morgan fingerprint density at radius 3 is 2.29 bits per heavy atom. The van der Waals surface area contributed by atoms with Crippen LogP contribution in [-0.4, -0.2) is 45.4 Å². The first-order valence-electron chi connectivity index (χ1n) is 25.3. The Bertz CT molecular complexity index is 2220. The number of hydrogen-bond donors (Lipinski definition) is 1. The van der Waals surface area contributed by atoms with E-state index in [4.69, 9.17) is 14.5 Å². The highest BCUT2D eigenvalue weighted by atomic mass is 19.1. The third-order valence-electron chi connectivity index (χ3n) is 19.3. The minimum atomic E-state index is -0.273. The van der Waals surface area contributed by atoms with Gasteiger partial charge >= 0.3 is 11.9 Å². The molecule has 0 spiro atoms. The standard InChI is InChI=1S/C53H68FN3O5.C3H6/c1-32-37(47(58)61-31-33-11-7-6-8-12-33)29-38(32)48(59)62-45-23-26-52(5)43(50(45,2)3)22-25-51(4)39-21-27-53(24-9-13-40(53)36(39)19-20-44(51)52)49(60)57-28-10-14-42(57)46-55-30-41(56-46)34-15-17-35(54)18-16-34;1-3-2/h6-8,11-12,15-18,30,32,36-40,42-45H,9-10,13-14,19-29,31H2,1-5H3,(H,55,56);3H,1H2,2H3. The van der Waals surface area contributed by atoms with Crippen LogP contribution in [0.3, 0.4) is 0 Å². The molecule has 1 aliphatic heterocycles. The SMILES string of the molecule is C=CC.CC1C(C(=O)OCc2ccccc2)CC1C(=O)OC1CCC2(C)C(CCC3(C)C4CCC5(C(=O)N6CCCC6c6ncc(-c7ccc(F)cc7)[nH]6)CCCC5C4CCC32)C1(C)C. The lowest BCUT2D eigenvalue weighted by atomic mass is 9.36. The van der Waals surface area contributed by atoms with Crippen molar-refractivity contribution in [1.82, 2.24) is 14.9 Å². The van der Waals surface area contributed by atoms with Crippen LogP contribution in [0.15, 0.2) is 73.4 Å². The number of hydrogen-bond acceptors (Lipinski definition) is 6. The molecule has 6 saturated carbocycles. The number of esters is 2. The van der Waals surface area contributed by atoms with Crippen LogP contribution in [0.2, 0.25) is 0 Å². The van der Waals surface area contributed by atoms with Crippen molar-refractivity contribution in [1.29, 1.82) is 0 Å². The number of likely N-dealkylation sites (tertiary alicyclic amines) is 1. The predicted molar refractivity (Wildman–Crippen MR) is 251 cm³/mol. The van der Waals surface area contributed by atoms with Gasteiger partial charge in [-0.05, 0) is 172 Å². The first-order chi connectivity index (χ1) is 31.2. The lowest BCUT2D eigenvalue weighted by Gasteiger charge is -2.69. The summed E-state index contributed by atoms with van der Waals surface area (Å²) in [6, 6.07) is 16.2. The van der Waals surface area contributed by atoms with Gasteiger partial charge in [-0.25, -0.2) is 9.37 Å². The molecule has 8 nitrogen and oxygen atoms in total. The van der Waals surface area contributed by atoms with Crippen LogP contribution in [0.4, 0.5) is 4.39 Å². The fourth-order valence-electron chi connectivity index (χ4n) is 16.1. The third-order valence-corrected chi connectivity index (χ3v) is 19.3. The van der Waals surface area contributed by atoms with Crippen LogP contribution < -0.4 is 0 Å². The third kappa shape index (κ3) is 7.80. The van der Waals surface area contributed by atoms with Crippen molar-refractivity contribution >= 4 is 17.8 Å². The number of aromatic nitrogens is 2. The summed E-state index contributed by atoms with van der Waals surface area (Å²) in [7, 11) is 0. The van der Waals surface area contributed by atoms with Crippen LogP contribution in [0.5, 0.6) is 0 Å². The zero-order valence-electron chi connectivity index (χ0n) is 40.0. The summed E-state index contributed by atoms with van der Waals surface area (Å²) in [6.07, 6.45) is 18.0. The van der Waals surface area contributed by atoms with Gasteiger partial charge in [0.1, 0.15) is 24.4 Å². The number of carbonyl (C=O) groups is 3. The molecule has 7 fully saturated rings. The second-order valence-corrected chi connectivity index (χ2v) is 22.6. The molecule has 1 N–H and O–H groups in total. The van der Waals surface area contributed by atoms with Gasteiger partial charge in [0.15, 0.2) is 0 Å². The molecule has 13 unspecified atom stereocenters. The molecule has 1 amide bonds. The number of halogens is 1. The Kier molecular flexibility index (Phi) is 12.5. The number of nitrogens with zero attached hydrogens (tertiary/aromatic N) is 2. The van der Waals surface area contributed by atoms with Crippen molar-refractivity contribution in [3.8, 4) is 11.3 Å². The number of imidazole rings is 1. The Balaban J connectivity index is 0.00000173. The number of allylic oxidation sites excluding steroid dienone is 1. The molecule has 13 atom stereocenters. The number of amides is 1. The fourth-order valence-corrected chi connectivity index (χ4v) is 16.1. The maximum absolute atomic E-state index is 15.1.